The molecule has 0 spiro atoms. The number of nitrogens with one attached hydrogen (secondary N) is 2. The minimum absolute atomic E-state index is 0.0864. The summed E-state index contributed by atoms with van der Waals surface area (Å²) in [5, 5.41) is 4.74. The van der Waals surface area contributed by atoms with Crippen molar-refractivity contribution in [1.82, 2.24) is 4.31 Å². The maximum absolute atomic E-state index is 13.9. The van der Waals surface area contributed by atoms with Crippen LogP contribution in [0.3, 0.4) is 0 Å². The number of amides is 2. The normalized spacial score (nSPS) is 11.2. The summed E-state index contributed by atoms with van der Waals surface area (Å²) in [5.74, 6) is -2.08. The van der Waals surface area contributed by atoms with E-state index in [4.69, 9.17) is 0 Å². The summed E-state index contributed by atoms with van der Waals surface area (Å²) in [4.78, 5) is 34.5. The number of hydrogen-bond acceptors (Lipinski definition) is 5. The van der Waals surface area contributed by atoms with Gasteiger partial charge in [-0.05, 0) is 37.3 Å². The van der Waals surface area contributed by atoms with E-state index in [0.717, 1.165) is 10.4 Å². The molecule has 0 aliphatic rings. The Bertz CT molecular complexity index is 1050. The fourth-order valence-corrected chi connectivity index (χ4v) is 3.55. The Kier molecular flexibility index (Phi) is 6.83. The maximum atomic E-state index is 13.9. The lowest BCUT2D eigenvalue weighted by Gasteiger charge is -2.17. The topological polar surface area (TPSA) is 113 Å². The van der Waals surface area contributed by atoms with Gasteiger partial charge >= 0.3 is 0 Å². The number of Topliss-reactive ketones (excluding diaryl/α,β-unsaturated/α-hetero) is 1. The molecular weight excluding hydrogens is 401 g/mol. The number of nitrogens with zero attached hydrogens (tertiary/aromatic N) is 1. The van der Waals surface area contributed by atoms with E-state index in [1.54, 1.807) is 0 Å². The van der Waals surface area contributed by atoms with Crippen molar-refractivity contribution in [2.24, 2.45) is 0 Å². The Morgan fingerprint density at radius 1 is 1.00 bits per heavy atom. The van der Waals surface area contributed by atoms with Crippen LogP contribution in [0.25, 0.3) is 0 Å². The van der Waals surface area contributed by atoms with Gasteiger partial charge in [0, 0.05) is 25.2 Å². The molecule has 0 heterocycles. The summed E-state index contributed by atoms with van der Waals surface area (Å²) in [6, 6.07) is 8.93. The average Bonchev–Trinajstić information content (AvgIpc) is 2.64. The van der Waals surface area contributed by atoms with E-state index in [0.29, 0.717) is 5.56 Å². The van der Waals surface area contributed by atoms with Crippen LogP contribution >= 0.6 is 0 Å². The van der Waals surface area contributed by atoms with E-state index in [1.807, 2.05) is 0 Å². The standard InChI is InChI=1S/C19H20FN3O5S/c1-12(24)14-4-7-16(8-5-14)29(27,28)23(3)11-19(26)22-18-10-15(21-13(2)25)6-9-17(18)20/h4-10H,11H2,1-3H3,(H,21,25)(H,22,26). The summed E-state index contributed by atoms with van der Waals surface area (Å²) < 4.78 is 39.9. The van der Waals surface area contributed by atoms with Crippen LogP contribution in [0.2, 0.25) is 0 Å². The lowest BCUT2D eigenvalue weighted by atomic mass is 10.2. The zero-order valence-corrected chi connectivity index (χ0v) is 16.8. The van der Waals surface area contributed by atoms with Crippen molar-refractivity contribution < 1.29 is 27.2 Å². The van der Waals surface area contributed by atoms with Gasteiger partial charge < -0.3 is 10.6 Å². The number of rotatable bonds is 7. The van der Waals surface area contributed by atoms with Gasteiger partial charge in [0.1, 0.15) is 5.82 Å². The molecule has 0 bridgehead atoms. The van der Waals surface area contributed by atoms with E-state index < -0.39 is 28.3 Å². The summed E-state index contributed by atoms with van der Waals surface area (Å²) in [6.07, 6.45) is 0. The van der Waals surface area contributed by atoms with Crippen molar-refractivity contribution in [3.8, 4) is 0 Å². The third-order valence-corrected chi connectivity index (χ3v) is 5.71. The monoisotopic (exact) mass is 421 g/mol. The minimum Gasteiger partial charge on any atom is -0.326 e. The van der Waals surface area contributed by atoms with Gasteiger partial charge in [-0.3, -0.25) is 14.4 Å². The Balaban J connectivity index is 2.11. The largest absolute Gasteiger partial charge is 0.326 e. The van der Waals surface area contributed by atoms with Gasteiger partial charge in [-0.1, -0.05) is 12.1 Å². The van der Waals surface area contributed by atoms with Crippen LogP contribution in [-0.2, 0) is 19.6 Å². The smallest absolute Gasteiger partial charge is 0.243 e. The van der Waals surface area contributed by atoms with Gasteiger partial charge in [0.15, 0.2) is 5.78 Å². The first-order valence-corrected chi connectivity index (χ1v) is 9.89. The summed E-state index contributed by atoms with van der Waals surface area (Å²) in [6.45, 7) is 2.07. The molecular formula is C19H20FN3O5S. The second kappa shape index (κ2) is 8.93. The molecule has 0 fully saturated rings. The lowest BCUT2D eigenvalue weighted by Crippen LogP contribution is -2.35. The molecule has 10 heteroatoms. The maximum Gasteiger partial charge on any atom is 0.243 e. The molecule has 0 aliphatic heterocycles. The summed E-state index contributed by atoms with van der Waals surface area (Å²) in [7, 11) is -2.79. The van der Waals surface area contributed by atoms with Crippen LogP contribution in [-0.4, -0.2) is 43.9 Å². The third kappa shape index (κ3) is 5.69. The highest BCUT2D eigenvalue weighted by molar-refractivity contribution is 7.89. The van der Waals surface area contributed by atoms with Crippen molar-refractivity contribution in [3.05, 3.63) is 53.8 Å². The molecule has 8 nitrogen and oxygen atoms in total. The molecule has 0 atom stereocenters. The van der Waals surface area contributed by atoms with E-state index in [-0.39, 0.29) is 28.0 Å². The summed E-state index contributed by atoms with van der Waals surface area (Å²) in [5.41, 5.74) is 0.442. The highest BCUT2D eigenvalue weighted by atomic mass is 32.2. The number of sulfonamides is 1. The van der Waals surface area contributed by atoms with Crippen molar-refractivity contribution in [3.63, 3.8) is 0 Å². The van der Waals surface area contributed by atoms with Crippen molar-refractivity contribution in [2.45, 2.75) is 18.7 Å². The zero-order chi connectivity index (χ0) is 21.8. The van der Waals surface area contributed by atoms with E-state index in [2.05, 4.69) is 10.6 Å². The molecule has 0 saturated carbocycles. The van der Waals surface area contributed by atoms with Crippen LogP contribution in [0.5, 0.6) is 0 Å². The number of carbonyl (C=O) groups is 3. The Morgan fingerprint density at radius 2 is 1.62 bits per heavy atom. The quantitative estimate of drug-likeness (QED) is 0.666. The third-order valence-electron chi connectivity index (χ3n) is 3.90. The van der Waals surface area contributed by atoms with Gasteiger partial charge in [-0.2, -0.15) is 4.31 Å². The first-order valence-electron chi connectivity index (χ1n) is 8.45. The first-order chi connectivity index (χ1) is 13.5. The molecule has 2 N–H and O–H groups in total. The second-order valence-corrected chi connectivity index (χ2v) is 8.31. The predicted octanol–water partition coefficient (Wildman–Crippen LogP) is 2.25. The van der Waals surface area contributed by atoms with Crippen molar-refractivity contribution >= 4 is 39.0 Å². The SMILES string of the molecule is CC(=O)Nc1ccc(F)c(NC(=O)CN(C)S(=O)(=O)c2ccc(C(C)=O)cc2)c1. The van der Waals surface area contributed by atoms with Crippen molar-refractivity contribution in [1.29, 1.82) is 0 Å². The highest BCUT2D eigenvalue weighted by Crippen LogP contribution is 2.20. The van der Waals surface area contributed by atoms with Gasteiger partial charge in [0.05, 0.1) is 17.1 Å². The Hall–Kier alpha value is -3.11. The average molecular weight is 421 g/mol. The number of likely N-dealkylation sites (N-methyl/N-ethyl adjacent to an activating group) is 1. The first kappa shape index (κ1) is 22.2. The van der Waals surface area contributed by atoms with Crippen LogP contribution in [0.4, 0.5) is 15.8 Å². The van der Waals surface area contributed by atoms with Gasteiger partial charge in [0.25, 0.3) is 0 Å². The van der Waals surface area contributed by atoms with Gasteiger partial charge in [0.2, 0.25) is 21.8 Å². The Morgan fingerprint density at radius 3 is 2.17 bits per heavy atom. The van der Waals surface area contributed by atoms with Crippen LogP contribution in [0.1, 0.15) is 24.2 Å². The molecule has 29 heavy (non-hydrogen) atoms. The molecule has 2 aromatic rings. The number of carbonyl (C=O) groups excluding carboxylic acids is 3. The molecule has 0 unspecified atom stereocenters. The number of hydrogen-bond donors (Lipinski definition) is 2. The Labute approximate surface area is 167 Å². The van der Waals surface area contributed by atoms with Crippen LogP contribution in [0, 0.1) is 5.82 Å². The number of halogens is 1. The summed E-state index contributed by atoms with van der Waals surface area (Å²) >= 11 is 0. The van der Waals surface area contributed by atoms with Crippen molar-refractivity contribution in [2.75, 3.05) is 24.2 Å². The number of benzene rings is 2. The molecule has 0 aliphatic carbocycles. The highest BCUT2D eigenvalue weighted by Gasteiger charge is 2.23. The predicted molar refractivity (Wildman–Crippen MR) is 106 cm³/mol. The molecule has 2 amide bonds. The van der Waals surface area contributed by atoms with Gasteiger partial charge in [-0.15, -0.1) is 0 Å². The molecule has 0 radical (unpaired) electrons. The number of anilines is 2. The second-order valence-electron chi connectivity index (χ2n) is 6.27. The molecule has 154 valence electrons. The van der Waals surface area contributed by atoms with E-state index >= 15 is 0 Å². The molecule has 2 rings (SSSR count). The fraction of sp³-hybridized carbons (Fsp3) is 0.211. The van der Waals surface area contributed by atoms with Crippen LogP contribution in [0.15, 0.2) is 47.4 Å². The minimum atomic E-state index is -3.99. The van der Waals surface area contributed by atoms with E-state index in [9.17, 15) is 27.2 Å². The zero-order valence-electron chi connectivity index (χ0n) is 16.0. The fourth-order valence-electron chi connectivity index (χ4n) is 2.42. The van der Waals surface area contributed by atoms with E-state index in [1.165, 1.54) is 57.3 Å². The van der Waals surface area contributed by atoms with Gasteiger partial charge in [-0.25, -0.2) is 12.8 Å². The van der Waals surface area contributed by atoms with Crippen LogP contribution < -0.4 is 10.6 Å². The number of ketones is 1. The lowest BCUT2D eigenvalue weighted by molar-refractivity contribution is -0.116. The molecule has 0 aromatic heterocycles. The molecule has 0 saturated heterocycles. The molecule has 2 aromatic carbocycles.